The van der Waals surface area contributed by atoms with Gasteiger partial charge in [0.15, 0.2) is 0 Å². The van der Waals surface area contributed by atoms with E-state index in [4.69, 9.17) is 0 Å². The Balaban J connectivity index is 1.30. The molecule has 0 saturated carbocycles. The van der Waals surface area contributed by atoms with Crippen molar-refractivity contribution >= 4 is 43.6 Å². The first kappa shape index (κ1) is 28.8. The number of nitriles is 3. The molecule has 0 aliphatic carbocycles. The second kappa shape index (κ2) is 11.4. The van der Waals surface area contributed by atoms with Crippen LogP contribution in [0, 0.1) is 34.0 Å². The normalized spacial score (nSPS) is 11.1. The van der Waals surface area contributed by atoms with Crippen LogP contribution in [0.4, 0.5) is 0 Å². The topological polar surface area (TPSA) is 81.2 Å². The Morgan fingerprint density at radius 3 is 1.60 bits per heavy atom. The summed E-state index contributed by atoms with van der Waals surface area (Å²) in [5.74, 6) is 0. The Hall–Kier alpha value is -7.39. The molecule has 5 nitrogen and oxygen atoms in total. The van der Waals surface area contributed by atoms with Crippen LogP contribution in [0.3, 0.4) is 0 Å². The van der Waals surface area contributed by atoms with Gasteiger partial charge in [-0.3, -0.25) is 0 Å². The van der Waals surface area contributed by atoms with E-state index in [-0.39, 0.29) is 0 Å². The van der Waals surface area contributed by atoms with Crippen LogP contribution in [0.2, 0.25) is 0 Å². The van der Waals surface area contributed by atoms with Crippen molar-refractivity contribution in [2.75, 3.05) is 0 Å². The molecule has 2 aromatic heterocycles. The first-order valence-corrected chi connectivity index (χ1v) is 16.3. The third-order valence-electron chi connectivity index (χ3n) is 9.63. The van der Waals surface area contributed by atoms with Gasteiger partial charge in [-0.1, -0.05) is 91.0 Å². The van der Waals surface area contributed by atoms with Gasteiger partial charge in [0.2, 0.25) is 0 Å². The quantitative estimate of drug-likeness (QED) is 0.193. The van der Waals surface area contributed by atoms with E-state index in [1.165, 1.54) is 0 Å². The van der Waals surface area contributed by atoms with Crippen LogP contribution in [0.1, 0.15) is 16.7 Å². The molecule has 0 atom stereocenters. The third-order valence-corrected chi connectivity index (χ3v) is 9.63. The summed E-state index contributed by atoms with van der Waals surface area (Å²) in [6, 6.07) is 58.0. The van der Waals surface area contributed by atoms with Gasteiger partial charge in [0.25, 0.3) is 0 Å². The number of fused-ring (bicyclic) bond motifs is 6. The number of rotatable bonds is 4. The summed E-state index contributed by atoms with van der Waals surface area (Å²) < 4.78 is 4.46. The maximum atomic E-state index is 10.2. The summed E-state index contributed by atoms with van der Waals surface area (Å²) in [7, 11) is 0. The molecule has 9 aromatic rings. The number of hydrogen-bond donors (Lipinski definition) is 0. The Bertz CT molecular complexity index is 2920. The van der Waals surface area contributed by atoms with Gasteiger partial charge in [0.05, 0.1) is 50.5 Å². The molecular weight excluding hydrogens is 611 g/mol. The molecule has 0 radical (unpaired) electrons. The maximum absolute atomic E-state index is 10.2. The number of aromatic nitrogens is 2. The molecular formula is C45H25N5. The average molecular weight is 636 g/mol. The van der Waals surface area contributed by atoms with Gasteiger partial charge in [-0.2, -0.15) is 15.8 Å². The number of benzene rings is 7. The highest BCUT2D eigenvalue weighted by molar-refractivity contribution is 6.11. The average Bonchev–Trinajstić information content (AvgIpc) is 3.70. The summed E-state index contributed by atoms with van der Waals surface area (Å²) >= 11 is 0. The van der Waals surface area contributed by atoms with Crippen molar-refractivity contribution in [3.8, 4) is 51.8 Å². The smallest absolute Gasteiger partial charge is 0.101 e. The van der Waals surface area contributed by atoms with Crippen LogP contribution in [0.15, 0.2) is 152 Å². The van der Waals surface area contributed by atoms with E-state index in [1.807, 2.05) is 78.9 Å². The zero-order chi connectivity index (χ0) is 33.8. The molecule has 2 heterocycles. The predicted molar refractivity (Wildman–Crippen MR) is 200 cm³/mol. The molecule has 0 fully saturated rings. The Labute approximate surface area is 287 Å². The highest BCUT2D eigenvalue weighted by atomic mass is 15.0. The number of para-hydroxylation sites is 3. The maximum Gasteiger partial charge on any atom is 0.101 e. The van der Waals surface area contributed by atoms with Crippen LogP contribution in [0.5, 0.6) is 0 Å². The lowest BCUT2D eigenvalue weighted by Crippen LogP contribution is -2.01. The van der Waals surface area contributed by atoms with Gasteiger partial charge in [0, 0.05) is 32.8 Å². The van der Waals surface area contributed by atoms with Crippen molar-refractivity contribution in [1.82, 2.24) is 9.13 Å². The van der Waals surface area contributed by atoms with Crippen molar-refractivity contribution in [2.24, 2.45) is 0 Å². The summed E-state index contributed by atoms with van der Waals surface area (Å²) in [4.78, 5) is 0. The molecule has 0 bridgehead atoms. The molecule has 50 heavy (non-hydrogen) atoms. The molecule has 0 amide bonds. The lowest BCUT2D eigenvalue weighted by atomic mass is 9.91. The van der Waals surface area contributed by atoms with Crippen molar-refractivity contribution in [3.05, 3.63) is 168 Å². The molecule has 5 heteroatoms. The standard InChI is InChI=1S/C45H25N5/c46-26-29-20-21-44-39(22-29)38-16-5-6-17-41(38)49(44)33-11-9-10-30(23-33)34-12-1-2-13-35(34)40-24-31(27-47)32(28-48)25-45(40)50-42-18-7-3-14-36(42)37-15-4-8-19-43(37)50/h1-25H. The van der Waals surface area contributed by atoms with Crippen LogP contribution < -0.4 is 0 Å². The van der Waals surface area contributed by atoms with E-state index in [9.17, 15) is 15.8 Å². The monoisotopic (exact) mass is 635 g/mol. The lowest BCUT2D eigenvalue weighted by molar-refractivity contribution is 1.17. The molecule has 0 spiro atoms. The minimum absolute atomic E-state index is 0.331. The van der Waals surface area contributed by atoms with Crippen LogP contribution in [-0.4, -0.2) is 9.13 Å². The third kappa shape index (κ3) is 4.31. The van der Waals surface area contributed by atoms with E-state index in [1.54, 1.807) is 0 Å². The van der Waals surface area contributed by atoms with Gasteiger partial charge in [-0.05, 0) is 77.4 Å². The second-order valence-corrected chi connectivity index (χ2v) is 12.3. The summed E-state index contributed by atoms with van der Waals surface area (Å²) in [6.07, 6.45) is 0. The number of nitrogens with zero attached hydrogens (tertiary/aromatic N) is 5. The number of hydrogen-bond acceptors (Lipinski definition) is 3. The van der Waals surface area contributed by atoms with Gasteiger partial charge in [-0.15, -0.1) is 0 Å². The minimum atomic E-state index is 0.331. The van der Waals surface area contributed by atoms with E-state index in [0.717, 1.165) is 77.2 Å². The minimum Gasteiger partial charge on any atom is -0.309 e. The van der Waals surface area contributed by atoms with E-state index in [0.29, 0.717) is 16.7 Å². The molecule has 7 aromatic carbocycles. The molecule has 230 valence electrons. The van der Waals surface area contributed by atoms with Crippen LogP contribution in [0.25, 0.3) is 77.2 Å². The molecule has 0 aliphatic heterocycles. The first-order valence-electron chi connectivity index (χ1n) is 16.3. The summed E-state index contributed by atoms with van der Waals surface area (Å²) in [6.45, 7) is 0. The van der Waals surface area contributed by atoms with Crippen molar-refractivity contribution in [1.29, 1.82) is 15.8 Å². The van der Waals surface area contributed by atoms with E-state index in [2.05, 4.69) is 100 Å². The van der Waals surface area contributed by atoms with Crippen molar-refractivity contribution < 1.29 is 0 Å². The van der Waals surface area contributed by atoms with Crippen LogP contribution >= 0.6 is 0 Å². The fourth-order valence-electron chi connectivity index (χ4n) is 7.46. The summed E-state index contributed by atoms with van der Waals surface area (Å²) in [5.41, 5.74) is 11.0. The fourth-order valence-corrected chi connectivity index (χ4v) is 7.46. The SMILES string of the molecule is N#Cc1ccc2c(c1)c1ccccc1n2-c1cccc(-c2ccccc2-c2cc(C#N)c(C#N)cc2-n2c3ccccc3c3ccccc32)c1. The Morgan fingerprint density at radius 1 is 0.380 bits per heavy atom. The van der Waals surface area contributed by atoms with Gasteiger partial charge in [-0.25, -0.2) is 0 Å². The highest BCUT2D eigenvalue weighted by Crippen LogP contribution is 2.41. The predicted octanol–water partition coefficient (Wildman–Crippen LogP) is 10.8. The van der Waals surface area contributed by atoms with Crippen molar-refractivity contribution in [2.45, 2.75) is 0 Å². The van der Waals surface area contributed by atoms with Crippen LogP contribution in [-0.2, 0) is 0 Å². The molecule has 0 aliphatic rings. The second-order valence-electron chi connectivity index (χ2n) is 12.3. The first-order chi connectivity index (χ1) is 24.7. The summed E-state index contributed by atoms with van der Waals surface area (Å²) in [5, 5.41) is 34.3. The van der Waals surface area contributed by atoms with E-state index >= 15 is 0 Å². The largest absolute Gasteiger partial charge is 0.309 e. The lowest BCUT2D eigenvalue weighted by Gasteiger charge is -2.18. The molecule has 0 saturated heterocycles. The van der Waals surface area contributed by atoms with Gasteiger partial charge in [0.1, 0.15) is 12.1 Å². The van der Waals surface area contributed by atoms with Gasteiger partial charge < -0.3 is 9.13 Å². The molecule has 0 unspecified atom stereocenters. The molecule has 0 N–H and O–H groups in total. The fraction of sp³-hybridized carbons (Fsp3) is 0. The Morgan fingerprint density at radius 2 is 0.940 bits per heavy atom. The highest BCUT2D eigenvalue weighted by Gasteiger charge is 2.21. The molecule has 9 rings (SSSR count). The van der Waals surface area contributed by atoms with E-state index < -0.39 is 0 Å². The van der Waals surface area contributed by atoms with Crippen molar-refractivity contribution in [3.63, 3.8) is 0 Å². The Kier molecular flexibility index (Phi) is 6.56. The van der Waals surface area contributed by atoms with Gasteiger partial charge >= 0.3 is 0 Å². The zero-order valence-electron chi connectivity index (χ0n) is 26.7. The zero-order valence-corrected chi connectivity index (χ0v) is 26.7.